The van der Waals surface area contributed by atoms with Crippen molar-refractivity contribution >= 4 is 17.5 Å². The van der Waals surface area contributed by atoms with Crippen LogP contribution in [-0.2, 0) is 6.18 Å². The SMILES string of the molecule is CN1CCN(c2ncc(NC(=O)c3ccc(C(F)(F)F)cc3)cn2)CC1. The maximum absolute atomic E-state index is 12.6. The molecule has 0 bridgehead atoms. The highest BCUT2D eigenvalue weighted by atomic mass is 19.4. The Labute approximate surface area is 148 Å². The third kappa shape index (κ3) is 4.29. The molecule has 1 fully saturated rings. The maximum atomic E-state index is 12.6. The van der Waals surface area contributed by atoms with Gasteiger partial charge in [0.25, 0.3) is 5.91 Å². The summed E-state index contributed by atoms with van der Waals surface area (Å²) in [5.41, 5.74) is -0.289. The van der Waals surface area contributed by atoms with E-state index in [1.165, 1.54) is 12.4 Å². The highest BCUT2D eigenvalue weighted by Gasteiger charge is 2.30. The van der Waals surface area contributed by atoms with E-state index in [-0.39, 0.29) is 5.56 Å². The summed E-state index contributed by atoms with van der Waals surface area (Å²) in [6.45, 7) is 3.51. The zero-order valence-corrected chi connectivity index (χ0v) is 14.1. The number of aromatic nitrogens is 2. The Balaban J connectivity index is 1.62. The van der Waals surface area contributed by atoms with Crippen LogP contribution in [0.3, 0.4) is 0 Å². The van der Waals surface area contributed by atoms with Gasteiger partial charge in [0.2, 0.25) is 5.95 Å². The van der Waals surface area contributed by atoms with Crippen molar-refractivity contribution in [2.24, 2.45) is 0 Å². The average molecular weight is 365 g/mol. The monoisotopic (exact) mass is 365 g/mol. The maximum Gasteiger partial charge on any atom is 0.416 e. The van der Waals surface area contributed by atoms with Crippen LogP contribution in [0.1, 0.15) is 15.9 Å². The lowest BCUT2D eigenvalue weighted by atomic mass is 10.1. The molecule has 2 heterocycles. The van der Waals surface area contributed by atoms with Crippen LogP contribution in [0.15, 0.2) is 36.7 Å². The highest BCUT2D eigenvalue weighted by Crippen LogP contribution is 2.29. The summed E-state index contributed by atoms with van der Waals surface area (Å²) >= 11 is 0. The molecule has 0 saturated carbocycles. The van der Waals surface area contributed by atoms with E-state index in [9.17, 15) is 18.0 Å². The average Bonchev–Trinajstić information content (AvgIpc) is 2.62. The molecule has 1 aromatic carbocycles. The lowest BCUT2D eigenvalue weighted by molar-refractivity contribution is -0.137. The number of nitrogens with zero attached hydrogens (tertiary/aromatic N) is 4. The van der Waals surface area contributed by atoms with E-state index in [2.05, 4.69) is 32.1 Å². The Morgan fingerprint density at radius 3 is 2.15 bits per heavy atom. The van der Waals surface area contributed by atoms with Crippen molar-refractivity contribution in [2.75, 3.05) is 43.4 Å². The summed E-state index contributed by atoms with van der Waals surface area (Å²) in [5, 5.41) is 2.58. The first kappa shape index (κ1) is 18.1. The van der Waals surface area contributed by atoms with Crippen LogP contribution in [0.25, 0.3) is 0 Å². The Kier molecular flexibility index (Phi) is 5.08. The number of amides is 1. The van der Waals surface area contributed by atoms with E-state index in [0.29, 0.717) is 11.6 Å². The number of piperazine rings is 1. The van der Waals surface area contributed by atoms with Gasteiger partial charge in [-0.1, -0.05) is 0 Å². The molecule has 2 aromatic rings. The highest BCUT2D eigenvalue weighted by molar-refractivity contribution is 6.04. The van der Waals surface area contributed by atoms with Crippen molar-refractivity contribution in [2.45, 2.75) is 6.18 Å². The molecule has 0 spiro atoms. The second kappa shape index (κ2) is 7.28. The summed E-state index contributed by atoms with van der Waals surface area (Å²) in [6.07, 6.45) is -1.45. The van der Waals surface area contributed by atoms with Crippen molar-refractivity contribution in [3.63, 3.8) is 0 Å². The van der Waals surface area contributed by atoms with Crippen molar-refractivity contribution in [1.29, 1.82) is 0 Å². The molecule has 0 atom stereocenters. The van der Waals surface area contributed by atoms with Crippen LogP contribution >= 0.6 is 0 Å². The van der Waals surface area contributed by atoms with Crippen LogP contribution in [0.5, 0.6) is 0 Å². The van der Waals surface area contributed by atoms with Crippen molar-refractivity contribution in [1.82, 2.24) is 14.9 Å². The molecular formula is C17H18F3N5O. The lowest BCUT2D eigenvalue weighted by Gasteiger charge is -2.32. The lowest BCUT2D eigenvalue weighted by Crippen LogP contribution is -2.45. The minimum absolute atomic E-state index is 0.126. The zero-order valence-electron chi connectivity index (χ0n) is 14.1. The predicted octanol–water partition coefficient (Wildman–Crippen LogP) is 2.50. The number of rotatable bonds is 3. The molecule has 1 aromatic heterocycles. The second-order valence-electron chi connectivity index (χ2n) is 6.09. The van der Waals surface area contributed by atoms with Gasteiger partial charge in [0.1, 0.15) is 0 Å². The molecule has 26 heavy (non-hydrogen) atoms. The summed E-state index contributed by atoms with van der Waals surface area (Å²) < 4.78 is 37.7. The molecule has 0 aliphatic carbocycles. The van der Waals surface area contributed by atoms with Crippen molar-refractivity contribution in [3.05, 3.63) is 47.8 Å². The van der Waals surface area contributed by atoms with Gasteiger partial charge in [0.15, 0.2) is 0 Å². The fraction of sp³-hybridized carbons (Fsp3) is 0.353. The number of anilines is 2. The Hall–Kier alpha value is -2.68. The number of halogens is 3. The Morgan fingerprint density at radius 2 is 1.62 bits per heavy atom. The van der Waals surface area contributed by atoms with Crippen LogP contribution in [0, 0.1) is 0 Å². The smallest absolute Gasteiger partial charge is 0.338 e. The molecule has 1 N–H and O–H groups in total. The Morgan fingerprint density at radius 1 is 1.04 bits per heavy atom. The van der Waals surface area contributed by atoms with E-state index < -0.39 is 17.6 Å². The number of carbonyl (C=O) groups is 1. The van der Waals surface area contributed by atoms with Gasteiger partial charge in [-0.05, 0) is 31.3 Å². The number of likely N-dealkylation sites (N-methyl/N-ethyl adjacent to an activating group) is 1. The summed E-state index contributed by atoms with van der Waals surface area (Å²) in [4.78, 5) is 24.9. The van der Waals surface area contributed by atoms with Crippen molar-refractivity contribution in [3.8, 4) is 0 Å². The molecule has 6 nitrogen and oxygen atoms in total. The standard InChI is InChI=1S/C17H18F3N5O/c1-24-6-8-25(9-7-24)16-21-10-14(11-22-16)23-15(26)12-2-4-13(5-3-12)17(18,19)20/h2-5,10-11H,6-9H2,1H3,(H,23,26). The van der Waals surface area contributed by atoms with Gasteiger partial charge in [0.05, 0.1) is 23.6 Å². The molecule has 0 unspecified atom stereocenters. The van der Waals surface area contributed by atoms with Gasteiger partial charge in [-0.3, -0.25) is 4.79 Å². The second-order valence-corrected chi connectivity index (χ2v) is 6.09. The van der Waals surface area contributed by atoms with Crippen molar-refractivity contribution < 1.29 is 18.0 Å². The molecule has 1 saturated heterocycles. The number of hydrogen-bond donors (Lipinski definition) is 1. The third-order valence-corrected chi connectivity index (χ3v) is 4.16. The number of alkyl halides is 3. The van der Waals surface area contributed by atoms with Gasteiger partial charge in [0, 0.05) is 31.7 Å². The van der Waals surface area contributed by atoms with Gasteiger partial charge in [-0.2, -0.15) is 13.2 Å². The van der Waals surface area contributed by atoms with E-state index in [4.69, 9.17) is 0 Å². The van der Waals surface area contributed by atoms with Crippen LogP contribution < -0.4 is 10.2 Å². The fourth-order valence-corrected chi connectivity index (χ4v) is 2.57. The predicted molar refractivity (Wildman–Crippen MR) is 91.1 cm³/mol. The quantitative estimate of drug-likeness (QED) is 0.906. The number of benzene rings is 1. The molecular weight excluding hydrogens is 347 g/mol. The minimum Gasteiger partial charge on any atom is -0.338 e. The molecule has 1 aliphatic heterocycles. The molecule has 1 amide bonds. The first-order valence-electron chi connectivity index (χ1n) is 8.07. The van der Waals surface area contributed by atoms with Gasteiger partial charge in [-0.25, -0.2) is 9.97 Å². The largest absolute Gasteiger partial charge is 0.416 e. The zero-order chi connectivity index (χ0) is 18.7. The molecule has 0 radical (unpaired) electrons. The summed E-state index contributed by atoms with van der Waals surface area (Å²) in [6, 6.07) is 4.03. The molecule has 1 aliphatic rings. The van der Waals surface area contributed by atoms with Crippen LogP contribution in [-0.4, -0.2) is 54.0 Å². The minimum atomic E-state index is -4.43. The molecule has 3 rings (SSSR count). The third-order valence-electron chi connectivity index (χ3n) is 4.16. The number of nitrogens with one attached hydrogen (secondary N) is 1. The van der Waals surface area contributed by atoms with E-state index >= 15 is 0 Å². The van der Waals surface area contributed by atoms with Gasteiger partial charge >= 0.3 is 6.18 Å². The number of hydrogen-bond acceptors (Lipinski definition) is 5. The first-order chi connectivity index (χ1) is 12.3. The van der Waals surface area contributed by atoms with E-state index in [0.717, 1.165) is 50.4 Å². The van der Waals surface area contributed by atoms with Crippen LogP contribution in [0.2, 0.25) is 0 Å². The molecule has 9 heteroatoms. The normalized spacial score (nSPS) is 15.8. The summed E-state index contributed by atoms with van der Waals surface area (Å²) in [5.74, 6) is 0.0697. The summed E-state index contributed by atoms with van der Waals surface area (Å²) in [7, 11) is 2.05. The fourth-order valence-electron chi connectivity index (χ4n) is 2.57. The Bertz CT molecular complexity index is 753. The van der Waals surface area contributed by atoms with E-state index in [1.807, 2.05) is 0 Å². The van der Waals surface area contributed by atoms with E-state index in [1.54, 1.807) is 0 Å². The van der Waals surface area contributed by atoms with Crippen LogP contribution in [0.4, 0.5) is 24.8 Å². The molecule has 138 valence electrons. The van der Waals surface area contributed by atoms with Gasteiger partial charge < -0.3 is 15.1 Å². The first-order valence-corrected chi connectivity index (χ1v) is 8.07. The number of carbonyl (C=O) groups excluding carboxylic acids is 1. The van der Waals surface area contributed by atoms with Gasteiger partial charge in [-0.15, -0.1) is 0 Å². The topological polar surface area (TPSA) is 61.4 Å².